The van der Waals surface area contributed by atoms with Crippen molar-refractivity contribution >= 4 is 23.4 Å². The smallest absolute Gasteiger partial charge is 0.224 e. The molecule has 0 atom stereocenters. The molecule has 4 rings (SSSR count). The highest BCUT2D eigenvalue weighted by atomic mass is 16.2. The van der Waals surface area contributed by atoms with E-state index in [2.05, 4.69) is 62.3 Å². The molecule has 1 aromatic heterocycles. The third kappa shape index (κ3) is 6.15. The van der Waals surface area contributed by atoms with E-state index < -0.39 is 0 Å². The molecular formula is C25H35N7O. The highest BCUT2D eigenvalue weighted by molar-refractivity contribution is 5.81. The van der Waals surface area contributed by atoms with Crippen LogP contribution in [0.5, 0.6) is 0 Å². The fourth-order valence-corrected chi connectivity index (χ4v) is 4.38. The second kappa shape index (κ2) is 11.5. The van der Waals surface area contributed by atoms with Crippen molar-refractivity contribution in [1.29, 1.82) is 0 Å². The summed E-state index contributed by atoms with van der Waals surface area (Å²) in [5, 5.41) is 3.40. The first-order valence-corrected chi connectivity index (χ1v) is 12.0. The number of carbonyl (C=O) groups is 1. The van der Waals surface area contributed by atoms with Crippen LogP contribution in [0, 0.1) is 0 Å². The predicted molar refractivity (Wildman–Crippen MR) is 134 cm³/mol. The van der Waals surface area contributed by atoms with Gasteiger partial charge in [-0.1, -0.05) is 24.3 Å². The second-order valence-electron chi connectivity index (χ2n) is 8.35. The zero-order chi connectivity index (χ0) is 22.9. The molecule has 8 nitrogen and oxygen atoms in total. The Kier molecular flexibility index (Phi) is 8.00. The molecule has 3 heterocycles. The van der Waals surface area contributed by atoms with Gasteiger partial charge in [-0.25, -0.2) is 4.98 Å². The SMILES string of the molecule is CCNC(=NCCC(=O)N1CCN(c2ccccn2)CC1)N1CCN(c2ccccc2)CC1. The van der Waals surface area contributed by atoms with E-state index in [1.807, 2.05) is 29.3 Å². The Bertz CT molecular complexity index is 889. The molecule has 1 N–H and O–H groups in total. The zero-order valence-electron chi connectivity index (χ0n) is 19.6. The van der Waals surface area contributed by atoms with E-state index in [1.165, 1.54) is 5.69 Å². The van der Waals surface area contributed by atoms with Gasteiger partial charge in [-0.05, 0) is 31.2 Å². The average molecular weight is 450 g/mol. The molecule has 2 aliphatic rings. The number of carbonyl (C=O) groups excluding carboxylic acids is 1. The van der Waals surface area contributed by atoms with E-state index in [4.69, 9.17) is 4.99 Å². The van der Waals surface area contributed by atoms with Gasteiger partial charge in [0.2, 0.25) is 5.91 Å². The summed E-state index contributed by atoms with van der Waals surface area (Å²) in [7, 11) is 0. The monoisotopic (exact) mass is 449 g/mol. The van der Waals surface area contributed by atoms with Crippen LogP contribution in [0.25, 0.3) is 0 Å². The number of pyridine rings is 1. The van der Waals surface area contributed by atoms with Crippen molar-refractivity contribution < 1.29 is 4.79 Å². The van der Waals surface area contributed by atoms with Crippen molar-refractivity contribution in [2.75, 3.05) is 75.2 Å². The van der Waals surface area contributed by atoms with E-state index >= 15 is 0 Å². The standard InChI is InChI=1S/C25H35N7O/c1-2-26-25(32-20-14-29(15-21-32)22-8-4-3-5-9-22)28-13-11-24(33)31-18-16-30(17-19-31)23-10-6-7-12-27-23/h3-10,12H,2,11,13-21H2,1H3,(H,26,28). The number of hydrogen-bond donors (Lipinski definition) is 1. The van der Waals surface area contributed by atoms with Crippen molar-refractivity contribution in [3.63, 3.8) is 0 Å². The maximum Gasteiger partial charge on any atom is 0.224 e. The van der Waals surface area contributed by atoms with Gasteiger partial charge in [0.1, 0.15) is 5.82 Å². The van der Waals surface area contributed by atoms with E-state index in [0.29, 0.717) is 13.0 Å². The number of guanidine groups is 1. The molecule has 2 saturated heterocycles. The number of nitrogens with one attached hydrogen (secondary N) is 1. The number of aliphatic imine (C=N–C) groups is 1. The Hall–Kier alpha value is -3.29. The van der Waals surface area contributed by atoms with Gasteiger partial charge in [-0.3, -0.25) is 9.79 Å². The van der Waals surface area contributed by atoms with Crippen LogP contribution in [-0.2, 0) is 4.79 Å². The molecule has 0 saturated carbocycles. The summed E-state index contributed by atoms with van der Waals surface area (Å²) >= 11 is 0. The van der Waals surface area contributed by atoms with Crippen LogP contribution in [0.15, 0.2) is 59.7 Å². The fourth-order valence-electron chi connectivity index (χ4n) is 4.38. The van der Waals surface area contributed by atoms with Crippen molar-refractivity contribution in [2.24, 2.45) is 4.99 Å². The lowest BCUT2D eigenvalue weighted by Crippen LogP contribution is -2.52. The summed E-state index contributed by atoms with van der Waals surface area (Å²) in [6.07, 6.45) is 2.26. The van der Waals surface area contributed by atoms with E-state index in [9.17, 15) is 4.79 Å². The highest BCUT2D eigenvalue weighted by Gasteiger charge is 2.22. The zero-order valence-corrected chi connectivity index (χ0v) is 19.6. The summed E-state index contributed by atoms with van der Waals surface area (Å²) in [5.74, 6) is 2.08. The number of benzene rings is 1. The first-order valence-electron chi connectivity index (χ1n) is 12.0. The number of amides is 1. The molecule has 33 heavy (non-hydrogen) atoms. The Balaban J connectivity index is 1.23. The van der Waals surface area contributed by atoms with Crippen LogP contribution >= 0.6 is 0 Å². The van der Waals surface area contributed by atoms with Gasteiger partial charge in [-0.2, -0.15) is 0 Å². The quantitative estimate of drug-likeness (QED) is 0.537. The third-order valence-corrected chi connectivity index (χ3v) is 6.23. The minimum atomic E-state index is 0.184. The minimum Gasteiger partial charge on any atom is -0.368 e. The Morgan fingerprint density at radius 3 is 2.21 bits per heavy atom. The largest absolute Gasteiger partial charge is 0.368 e. The van der Waals surface area contributed by atoms with Gasteiger partial charge in [-0.15, -0.1) is 0 Å². The molecule has 176 valence electrons. The Labute approximate surface area is 196 Å². The maximum atomic E-state index is 12.7. The molecule has 0 radical (unpaired) electrons. The number of piperazine rings is 2. The summed E-state index contributed by atoms with van der Waals surface area (Å²) in [4.78, 5) is 30.8. The normalized spacial score (nSPS) is 17.3. The van der Waals surface area contributed by atoms with Gasteiger partial charge in [0.15, 0.2) is 5.96 Å². The first kappa shape index (κ1) is 22.9. The Morgan fingerprint density at radius 2 is 1.55 bits per heavy atom. The van der Waals surface area contributed by atoms with Crippen molar-refractivity contribution in [2.45, 2.75) is 13.3 Å². The molecule has 2 fully saturated rings. The molecular weight excluding hydrogens is 414 g/mol. The number of nitrogens with zero attached hydrogens (tertiary/aromatic N) is 6. The Morgan fingerprint density at radius 1 is 0.879 bits per heavy atom. The molecule has 1 aromatic carbocycles. The molecule has 0 spiro atoms. The number of para-hydroxylation sites is 1. The molecule has 8 heteroatoms. The van der Waals surface area contributed by atoms with Crippen molar-refractivity contribution in [3.05, 3.63) is 54.7 Å². The first-order chi connectivity index (χ1) is 16.2. The highest BCUT2D eigenvalue weighted by Crippen LogP contribution is 2.16. The van der Waals surface area contributed by atoms with Crippen LogP contribution in [0.1, 0.15) is 13.3 Å². The van der Waals surface area contributed by atoms with E-state index in [-0.39, 0.29) is 5.91 Å². The summed E-state index contributed by atoms with van der Waals surface area (Å²) in [6.45, 7) is 10.3. The molecule has 0 unspecified atom stereocenters. The number of anilines is 2. The number of aromatic nitrogens is 1. The van der Waals surface area contributed by atoms with Gasteiger partial charge in [0.05, 0.1) is 6.54 Å². The van der Waals surface area contributed by atoms with Crippen LogP contribution < -0.4 is 15.1 Å². The lowest BCUT2D eigenvalue weighted by Gasteiger charge is -2.37. The predicted octanol–water partition coefficient (Wildman–Crippen LogP) is 1.91. The topological polar surface area (TPSA) is 67.3 Å². The molecule has 0 bridgehead atoms. The summed E-state index contributed by atoms with van der Waals surface area (Å²) < 4.78 is 0. The summed E-state index contributed by atoms with van der Waals surface area (Å²) in [6, 6.07) is 16.5. The van der Waals surface area contributed by atoms with Crippen molar-refractivity contribution in [1.82, 2.24) is 20.1 Å². The lowest BCUT2D eigenvalue weighted by atomic mass is 10.2. The van der Waals surface area contributed by atoms with Gasteiger partial charge in [0, 0.05) is 77.2 Å². The van der Waals surface area contributed by atoms with E-state index in [1.54, 1.807) is 0 Å². The number of hydrogen-bond acceptors (Lipinski definition) is 5. The number of rotatable bonds is 6. The van der Waals surface area contributed by atoms with Gasteiger partial charge in [0.25, 0.3) is 0 Å². The van der Waals surface area contributed by atoms with Gasteiger partial charge >= 0.3 is 0 Å². The van der Waals surface area contributed by atoms with Crippen LogP contribution in [0.2, 0.25) is 0 Å². The van der Waals surface area contributed by atoms with Crippen molar-refractivity contribution in [3.8, 4) is 0 Å². The van der Waals surface area contributed by atoms with Crippen LogP contribution in [0.3, 0.4) is 0 Å². The molecule has 2 aliphatic heterocycles. The second-order valence-corrected chi connectivity index (χ2v) is 8.35. The van der Waals surface area contributed by atoms with Gasteiger partial charge < -0.3 is 24.9 Å². The molecule has 0 aliphatic carbocycles. The molecule has 1 amide bonds. The van der Waals surface area contributed by atoms with E-state index in [0.717, 1.165) is 70.7 Å². The third-order valence-electron chi connectivity index (χ3n) is 6.23. The maximum absolute atomic E-state index is 12.7. The minimum absolute atomic E-state index is 0.184. The fraction of sp³-hybridized carbons (Fsp3) is 0.480. The van der Waals surface area contributed by atoms with Crippen LogP contribution in [0.4, 0.5) is 11.5 Å². The average Bonchev–Trinajstić information content (AvgIpc) is 2.89. The van der Waals surface area contributed by atoms with Crippen LogP contribution in [-0.4, -0.2) is 92.1 Å². The molecule has 2 aromatic rings. The lowest BCUT2D eigenvalue weighted by molar-refractivity contribution is -0.131. The summed E-state index contributed by atoms with van der Waals surface area (Å²) in [5.41, 5.74) is 1.27.